The van der Waals surface area contributed by atoms with Crippen molar-refractivity contribution in [2.75, 3.05) is 0 Å². The molecule has 0 fully saturated rings. The number of hydrogen-bond acceptors (Lipinski definition) is 0. The van der Waals surface area contributed by atoms with E-state index in [-0.39, 0.29) is 0 Å². The van der Waals surface area contributed by atoms with Crippen molar-refractivity contribution in [3.8, 4) is 0 Å². The van der Waals surface area contributed by atoms with Crippen LogP contribution in [0.1, 0.15) is 0 Å². The molecule has 0 amide bonds. The molecule has 0 heterocycles. The van der Waals surface area contributed by atoms with E-state index in [1.54, 1.807) is 17.3 Å². The summed E-state index contributed by atoms with van der Waals surface area (Å²) in [5.41, 5.74) is 0. The molecule has 2 heteroatoms. The Hall–Kier alpha value is 1.54. The van der Waals surface area contributed by atoms with Gasteiger partial charge < -0.3 is 0 Å². The second-order valence-electron chi connectivity index (χ2n) is 1.09. The minimum absolute atomic E-state index is 0.526. The molecule has 0 rings (SSSR count). The first-order valence-corrected chi connectivity index (χ1v) is 21.9. The van der Waals surface area contributed by atoms with Gasteiger partial charge in [-0.2, -0.15) is 0 Å². The SMILES string of the molecule is [CH3][SnH]([CH3])[Ta]. The van der Waals surface area contributed by atoms with E-state index >= 15 is 0 Å². The molecule has 0 aromatic carbocycles. The van der Waals surface area contributed by atoms with E-state index in [1.807, 2.05) is 0 Å². The molecule has 0 aromatic heterocycles. The summed E-state index contributed by atoms with van der Waals surface area (Å²) in [5.74, 6) is 0. The maximum absolute atomic E-state index is 2.43. The van der Waals surface area contributed by atoms with E-state index < -0.39 is 16.2 Å². The van der Waals surface area contributed by atoms with Crippen LogP contribution in [-0.4, -0.2) is 16.2 Å². The zero-order chi connectivity index (χ0) is 3.58. The van der Waals surface area contributed by atoms with E-state index in [1.165, 1.54) is 0 Å². The molecule has 24 valence electrons. The van der Waals surface area contributed by atoms with Gasteiger partial charge in [-0.1, -0.05) is 0 Å². The van der Waals surface area contributed by atoms with E-state index in [0.717, 1.165) is 0 Å². The quantitative estimate of drug-likeness (QED) is 0.568. The van der Waals surface area contributed by atoms with Gasteiger partial charge in [0.1, 0.15) is 0 Å². The molecular weight excluding hydrogens is 324 g/mol. The van der Waals surface area contributed by atoms with Crippen molar-refractivity contribution in [1.29, 1.82) is 0 Å². The van der Waals surface area contributed by atoms with Gasteiger partial charge in [0.2, 0.25) is 0 Å². The first-order chi connectivity index (χ1) is 1.73. The maximum atomic E-state index is 2.43. The van der Waals surface area contributed by atoms with Crippen molar-refractivity contribution in [2.24, 2.45) is 0 Å². The fourth-order valence-electron chi connectivity index (χ4n) is 0. The molecule has 0 N–H and O–H groups in total. The van der Waals surface area contributed by atoms with Crippen LogP contribution >= 0.6 is 0 Å². The molecule has 0 unspecified atom stereocenters. The Bertz CT molecular complexity index is 10.8. The fourth-order valence-corrected chi connectivity index (χ4v) is 0. The summed E-state index contributed by atoms with van der Waals surface area (Å²) >= 11 is 1.20. The molecule has 0 aromatic rings. The summed E-state index contributed by atoms with van der Waals surface area (Å²) in [6.45, 7) is 0. The van der Waals surface area contributed by atoms with Crippen LogP contribution < -0.4 is 0 Å². The van der Waals surface area contributed by atoms with Crippen LogP contribution in [0.2, 0.25) is 9.88 Å². The van der Waals surface area contributed by atoms with Gasteiger partial charge in [-0.05, 0) is 0 Å². The second kappa shape index (κ2) is 2.76. The Morgan fingerprint density at radius 2 is 1.50 bits per heavy atom. The van der Waals surface area contributed by atoms with Crippen molar-refractivity contribution in [2.45, 2.75) is 9.88 Å². The van der Waals surface area contributed by atoms with Crippen molar-refractivity contribution in [3.63, 3.8) is 0 Å². The number of rotatable bonds is 0. The topological polar surface area (TPSA) is 0 Å². The molecule has 0 aliphatic carbocycles. The zero-order valence-electron chi connectivity index (χ0n) is 3.02. The van der Waals surface area contributed by atoms with Crippen LogP contribution in [0.3, 0.4) is 0 Å². The van der Waals surface area contributed by atoms with E-state index in [9.17, 15) is 0 Å². The average Bonchev–Trinajstić information content (AvgIpc) is 0.811. The van der Waals surface area contributed by atoms with Crippen molar-refractivity contribution < 1.29 is 17.3 Å². The summed E-state index contributed by atoms with van der Waals surface area (Å²) in [7, 11) is 0. The first kappa shape index (κ1) is 5.54. The molecule has 0 saturated heterocycles. The normalized spacial score (nSPS) is 8.75. The molecule has 0 spiro atoms. The van der Waals surface area contributed by atoms with Crippen molar-refractivity contribution >= 4 is 16.2 Å². The molecule has 0 atom stereocenters. The molecule has 0 aliphatic heterocycles. The van der Waals surface area contributed by atoms with E-state index in [0.29, 0.717) is 0 Å². The summed E-state index contributed by atoms with van der Waals surface area (Å²) in [6, 6.07) is 0. The standard InChI is InChI=1S/2CH3.Sn.Ta.H/h2*1H3;;;. The van der Waals surface area contributed by atoms with Gasteiger partial charge in [0.25, 0.3) is 0 Å². The number of hydrogen-bond donors (Lipinski definition) is 0. The molecule has 0 nitrogen and oxygen atoms in total. The Labute approximate surface area is 43.0 Å². The van der Waals surface area contributed by atoms with Gasteiger partial charge >= 0.3 is 43.3 Å². The van der Waals surface area contributed by atoms with Crippen LogP contribution in [0.5, 0.6) is 0 Å². The Balaban J connectivity index is 2.32. The van der Waals surface area contributed by atoms with Crippen molar-refractivity contribution in [1.82, 2.24) is 0 Å². The molecule has 0 aliphatic rings. The molecule has 4 heavy (non-hydrogen) atoms. The second-order valence-corrected chi connectivity index (χ2v) is 32.2. The van der Waals surface area contributed by atoms with E-state index in [2.05, 4.69) is 9.88 Å². The van der Waals surface area contributed by atoms with Crippen LogP contribution in [0.4, 0.5) is 0 Å². The van der Waals surface area contributed by atoms with Gasteiger partial charge in [-0.25, -0.2) is 0 Å². The van der Waals surface area contributed by atoms with Crippen LogP contribution in [0, 0.1) is 0 Å². The summed E-state index contributed by atoms with van der Waals surface area (Å²) in [5, 5.41) is 0. The van der Waals surface area contributed by atoms with Crippen LogP contribution in [-0.2, 0) is 17.3 Å². The summed E-state index contributed by atoms with van der Waals surface area (Å²) < 4.78 is 0. The molecule has 0 saturated carbocycles. The predicted molar refractivity (Wildman–Crippen MR) is 18.9 cm³/mol. The van der Waals surface area contributed by atoms with Gasteiger partial charge in [0, 0.05) is 0 Å². The molecule has 0 radical (unpaired) electrons. The van der Waals surface area contributed by atoms with Crippen LogP contribution in [0.25, 0.3) is 0 Å². The monoisotopic (exact) mass is 332 g/mol. The third-order valence-corrected chi connectivity index (χ3v) is 0. The summed E-state index contributed by atoms with van der Waals surface area (Å²) in [4.78, 5) is 4.85. The molecule has 0 bridgehead atoms. The van der Waals surface area contributed by atoms with Gasteiger partial charge in [0.15, 0.2) is 0 Å². The third kappa shape index (κ3) is 9.63. The molecular formula is C2H7SnTa. The predicted octanol–water partition coefficient (Wildman–Crippen LogP) is 0.517. The van der Waals surface area contributed by atoms with Gasteiger partial charge in [-0.15, -0.1) is 0 Å². The van der Waals surface area contributed by atoms with Gasteiger partial charge in [-0.3, -0.25) is 0 Å². The average molecular weight is 331 g/mol. The Morgan fingerprint density at radius 3 is 1.50 bits per heavy atom. The third-order valence-electron chi connectivity index (χ3n) is 0. The minimum atomic E-state index is -0.526. The van der Waals surface area contributed by atoms with Crippen LogP contribution in [0.15, 0.2) is 0 Å². The van der Waals surface area contributed by atoms with Gasteiger partial charge in [0.05, 0.1) is 0 Å². The summed E-state index contributed by atoms with van der Waals surface area (Å²) in [6.07, 6.45) is 0. The Kier molecular flexibility index (Phi) is 3.82. The zero-order valence-corrected chi connectivity index (χ0v) is 9.53. The fraction of sp³-hybridized carbons (Fsp3) is 1.00. The van der Waals surface area contributed by atoms with Crippen molar-refractivity contribution in [3.05, 3.63) is 0 Å². The Morgan fingerprint density at radius 1 is 1.50 bits per heavy atom. The first-order valence-electron chi connectivity index (χ1n) is 1.41. The van der Waals surface area contributed by atoms with E-state index in [4.69, 9.17) is 0 Å².